The molecule has 66 valence electrons. The maximum atomic E-state index is 12.4. The van der Waals surface area contributed by atoms with Crippen LogP contribution in [0, 0.1) is 5.82 Å². The molecular weight excluding hydrogens is 157 g/mol. The van der Waals surface area contributed by atoms with Gasteiger partial charge in [0.2, 0.25) is 0 Å². The molecule has 12 heavy (non-hydrogen) atoms. The largest absolute Gasteiger partial charge is 0.394 e. The Morgan fingerprint density at radius 3 is 2.50 bits per heavy atom. The van der Waals surface area contributed by atoms with Gasteiger partial charge in [0, 0.05) is 11.7 Å². The van der Waals surface area contributed by atoms with Crippen LogP contribution in [0.2, 0.25) is 0 Å². The van der Waals surface area contributed by atoms with Crippen molar-refractivity contribution >= 4 is 5.69 Å². The number of rotatable bonds is 3. The van der Waals surface area contributed by atoms with Crippen molar-refractivity contribution in [2.75, 3.05) is 11.9 Å². The van der Waals surface area contributed by atoms with Crippen molar-refractivity contribution in [3.8, 4) is 0 Å². The van der Waals surface area contributed by atoms with Crippen LogP contribution < -0.4 is 5.32 Å². The van der Waals surface area contributed by atoms with Gasteiger partial charge in [0.05, 0.1) is 6.61 Å². The van der Waals surface area contributed by atoms with Crippen LogP contribution in [0.4, 0.5) is 10.1 Å². The average Bonchev–Trinajstić information content (AvgIpc) is 2.09. The Morgan fingerprint density at radius 2 is 2.00 bits per heavy atom. The summed E-state index contributed by atoms with van der Waals surface area (Å²) in [4.78, 5) is 0. The minimum absolute atomic E-state index is 0.00420. The van der Waals surface area contributed by atoms with Crippen LogP contribution in [-0.4, -0.2) is 17.8 Å². The van der Waals surface area contributed by atoms with E-state index in [2.05, 4.69) is 5.32 Å². The van der Waals surface area contributed by atoms with Gasteiger partial charge in [-0.2, -0.15) is 0 Å². The molecule has 0 unspecified atom stereocenters. The van der Waals surface area contributed by atoms with E-state index in [4.69, 9.17) is 5.11 Å². The van der Waals surface area contributed by atoms with Crippen molar-refractivity contribution in [3.63, 3.8) is 0 Å². The molecule has 0 saturated carbocycles. The van der Waals surface area contributed by atoms with Crippen molar-refractivity contribution in [1.82, 2.24) is 0 Å². The fourth-order valence-corrected chi connectivity index (χ4v) is 0.876. The summed E-state index contributed by atoms with van der Waals surface area (Å²) < 4.78 is 12.4. The molecular formula is C9H12FNO. The predicted molar refractivity (Wildman–Crippen MR) is 46.6 cm³/mol. The minimum atomic E-state index is -0.253. The van der Waals surface area contributed by atoms with Gasteiger partial charge in [-0.05, 0) is 31.2 Å². The van der Waals surface area contributed by atoms with Crippen molar-refractivity contribution in [2.24, 2.45) is 0 Å². The van der Waals surface area contributed by atoms with Gasteiger partial charge in [-0.15, -0.1) is 0 Å². The number of hydrogen-bond donors (Lipinski definition) is 2. The number of benzene rings is 1. The summed E-state index contributed by atoms with van der Waals surface area (Å²) in [5, 5.41) is 11.7. The topological polar surface area (TPSA) is 32.3 Å². The van der Waals surface area contributed by atoms with Gasteiger partial charge in [-0.3, -0.25) is 0 Å². The Morgan fingerprint density at radius 1 is 1.42 bits per heavy atom. The summed E-state index contributed by atoms with van der Waals surface area (Å²) in [6, 6.07) is 6.04. The van der Waals surface area contributed by atoms with E-state index in [1.54, 1.807) is 12.1 Å². The zero-order valence-corrected chi connectivity index (χ0v) is 6.92. The van der Waals surface area contributed by atoms with Crippen LogP contribution >= 0.6 is 0 Å². The Labute approximate surface area is 71.0 Å². The number of aliphatic hydroxyl groups excluding tert-OH is 1. The monoisotopic (exact) mass is 169 g/mol. The molecule has 2 nitrogen and oxygen atoms in total. The second kappa shape index (κ2) is 4.07. The Bertz CT molecular complexity index is 235. The minimum Gasteiger partial charge on any atom is -0.394 e. The maximum absolute atomic E-state index is 12.4. The van der Waals surface area contributed by atoms with Crippen LogP contribution in [0.25, 0.3) is 0 Å². The first-order valence-electron chi connectivity index (χ1n) is 3.85. The maximum Gasteiger partial charge on any atom is 0.123 e. The standard InChI is InChI=1S/C9H12FNO/c1-7(6-12)11-9-4-2-8(10)3-5-9/h2-5,7,11-12H,6H2,1H3/t7-/m0/s1. The van der Waals surface area contributed by atoms with Gasteiger partial charge < -0.3 is 10.4 Å². The van der Waals surface area contributed by atoms with Gasteiger partial charge in [-0.25, -0.2) is 4.39 Å². The third-order valence-corrected chi connectivity index (χ3v) is 1.53. The van der Waals surface area contributed by atoms with E-state index in [1.807, 2.05) is 6.92 Å². The second-order valence-corrected chi connectivity index (χ2v) is 2.73. The zero-order chi connectivity index (χ0) is 8.97. The average molecular weight is 169 g/mol. The molecule has 1 rings (SSSR count). The molecule has 1 aromatic carbocycles. The van der Waals surface area contributed by atoms with Crippen LogP contribution in [0.5, 0.6) is 0 Å². The molecule has 3 heteroatoms. The molecule has 1 atom stereocenters. The smallest absolute Gasteiger partial charge is 0.123 e. The highest BCUT2D eigenvalue weighted by atomic mass is 19.1. The summed E-state index contributed by atoms with van der Waals surface area (Å²) in [6.45, 7) is 1.92. The summed E-state index contributed by atoms with van der Waals surface area (Å²) in [5.74, 6) is -0.253. The van der Waals surface area contributed by atoms with Crippen LogP contribution in [0.1, 0.15) is 6.92 Å². The molecule has 0 bridgehead atoms. The Kier molecular flexibility index (Phi) is 3.05. The van der Waals surface area contributed by atoms with Gasteiger partial charge in [0.25, 0.3) is 0 Å². The van der Waals surface area contributed by atoms with Crippen molar-refractivity contribution < 1.29 is 9.50 Å². The SMILES string of the molecule is C[C@@H](CO)Nc1ccc(F)cc1. The van der Waals surface area contributed by atoms with Crippen LogP contribution in [0.3, 0.4) is 0 Å². The van der Waals surface area contributed by atoms with Crippen molar-refractivity contribution in [1.29, 1.82) is 0 Å². The first-order chi connectivity index (χ1) is 5.72. The molecule has 2 N–H and O–H groups in total. The first kappa shape index (κ1) is 9.00. The van der Waals surface area contributed by atoms with E-state index in [0.717, 1.165) is 5.69 Å². The Hall–Kier alpha value is -1.09. The fraction of sp³-hybridized carbons (Fsp3) is 0.333. The first-order valence-corrected chi connectivity index (χ1v) is 3.85. The third kappa shape index (κ3) is 2.51. The fourth-order valence-electron chi connectivity index (χ4n) is 0.876. The normalized spacial score (nSPS) is 12.6. The molecule has 0 aromatic heterocycles. The van der Waals surface area contributed by atoms with E-state index >= 15 is 0 Å². The molecule has 0 heterocycles. The number of nitrogens with one attached hydrogen (secondary N) is 1. The number of anilines is 1. The molecule has 0 radical (unpaired) electrons. The lowest BCUT2D eigenvalue weighted by Crippen LogP contribution is -2.19. The molecule has 0 fully saturated rings. The number of aliphatic hydroxyl groups is 1. The van der Waals surface area contributed by atoms with Crippen molar-refractivity contribution in [2.45, 2.75) is 13.0 Å². The summed E-state index contributed by atoms with van der Waals surface area (Å²) >= 11 is 0. The third-order valence-electron chi connectivity index (χ3n) is 1.53. The molecule has 0 amide bonds. The summed E-state index contributed by atoms with van der Waals surface area (Å²) in [6.07, 6.45) is 0. The molecule has 0 aliphatic heterocycles. The van der Waals surface area contributed by atoms with Gasteiger partial charge >= 0.3 is 0 Å². The summed E-state index contributed by atoms with van der Waals surface area (Å²) in [5.41, 5.74) is 0.818. The quantitative estimate of drug-likeness (QED) is 0.720. The van der Waals surface area contributed by atoms with E-state index in [1.165, 1.54) is 12.1 Å². The highest BCUT2D eigenvalue weighted by molar-refractivity contribution is 5.43. The molecule has 0 spiro atoms. The highest BCUT2D eigenvalue weighted by Gasteiger charge is 1.98. The number of hydrogen-bond acceptors (Lipinski definition) is 2. The highest BCUT2D eigenvalue weighted by Crippen LogP contribution is 2.08. The van der Waals surface area contributed by atoms with Gasteiger partial charge in [0.1, 0.15) is 5.82 Å². The van der Waals surface area contributed by atoms with E-state index < -0.39 is 0 Å². The van der Waals surface area contributed by atoms with E-state index in [9.17, 15) is 4.39 Å². The molecule has 0 saturated heterocycles. The lowest BCUT2D eigenvalue weighted by molar-refractivity contribution is 0.281. The van der Waals surface area contributed by atoms with E-state index in [-0.39, 0.29) is 18.5 Å². The lowest BCUT2D eigenvalue weighted by Gasteiger charge is -2.11. The lowest BCUT2D eigenvalue weighted by atomic mass is 10.3. The van der Waals surface area contributed by atoms with Crippen LogP contribution in [-0.2, 0) is 0 Å². The van der Waals surface area contributed by atoms with Crippen molar-refractivity contribution in [3.05, 3.63) is 30.1 Å². The molecule has 0 aliphatic rings. The van der Waals surface area contributed by atoms with Gasteiger partial charge in [-0.1, -0.05) is 0 Å². The number of halogens is 1. The van der Waals surface area contributed by atoms with Gasteiger partial charge in [0.15, 0.2) is 0 Å². The predicted octanol–water partition coefficient (Wildman–Crippen LogP) is 1.62. The van der Waals surface area contributed by atoms with Crippen LogP contribution in [0.15, 0.2) is 24.3 Å². The Balaban J connectivity index is 2.58. The second-order valence-electron chi connectivity index (χ2n) is 2.73. The summed E-state index contributed by atoms with van der Waals surface area (Å²) in [7, 11) is 0. The molecule has 0 aliphatic carbocycles. The molecule has 1 aromatic rings. The van der Waals surface area contributed by atoms with E-state index in [0.29, 0.717) is 0 Å². The zero-order valence-electron chi connectivity index (χ0n) is 6.92.